The normalized spacial score (nSPS) is 14.7. The molecule has 21 heavy (non-hydrogen) atoms. The van der Waals surface area contributed by atoms with Crippen LogP contribution in [0.25, 0.3) is 10.9 Å². The number of hydrogen-bond acceptors (Lipinski definition) is 4. The van der Waals surface area contributed by atoms with Crippen LogP contribution in [0.15, 0.2) is 41.7 Å². The highest BCUT2D eigenvalue weighted by atomic mass is 16.4. The molecule has 0 bridgehead atoms. The fourth-order valence-electron chi connectivity index (χ4n) is 2.06. The maximum atomic E-state index is 12.5. The first kappa shape index (κ1) is 14.8. The average molecular weight is 286 g/mol. The van der Waals surface area contributed by atoms with Crippen molar-refractivity contribution in [3.63, 3.8) is 0 Å². The Kier molecular flexibility index (Phi) is 4.07. The highest BCUT2D eigenvalue weighted by Gasteiger charge is 2.30. The molecule has 0 aliphatic carbocycles. The van der Waals surface area contributed by atoms with E-state index in [2.05, 4.69) is 15.5 Å². The summed E-state index contributed by atoms with van der Waals surface area (Å²) in [7, 11) is 0. The predicted octanol–water partition coefficient (Wildman–Crippen LogP) is 1.88. The summed E-state index contributed by atoms with van der Waals surface area (Å²) in [4.78, 5) is 16.7. The van der Waals surface area contributed by atoms with Crippen LogP contribution in [0, 0.1) is 0 Å². The second kappa shape index (κ2) is 5.78. The number of fused-ring (bicyclic) bond motifs is 1. The van der Waals surface area contributed by atoms with Crippen molar-refractivity contribution in [2.45, 2.75) is 25.8 Å². The highest BCUT2D eigenvalue weighted by Crippen LogP contribution is 2.18. The van der Waals surface area contributed by atoms with E-state index in [9.17, 15) is 4.79 Å². The van der Waals surface area contributed by atoms with Crippen molar-refractivity contribution < 1.29 is 10.0 Å². The number of carbonyl (C=O) groups excluding carboxylic acids is 1. The largest absolute Gasteiger partial charge is 0.409 e. The zero-order valence-electron chi connectivity index (χ0n) is 12.0. The second-order valence-electron chi connectivity index (χ2n) is 5.00. The molecule has 0 saturated heterocycles. The molecule has 1 aromatic carbocycles. The van der Waals surface area contributed by atoms with Gasteiger partial charge in [-0.15, -0.1) is 0 Å². The number of benzene rings is 1. The van der Waals surface area contributed by atoms with E-state index >= 15 is 0 Å². The Labute approximate surface area is 122 Å². The molecule has 0 saturated carbocycles. The maximum absolute atomic E-state index is 12.5. The number of oxime groups is 1. The minimum Gasteiger partial charge on any atom is -0.409 e. The van der Waals surface area contributed by atoms with Gasteiger partial charge in [-0.05, 0) is 25.5 Å². The molecule has 0 aliphatic rings. The van der Waals surface area contributed by atoms with E-state index < -0.39 is 5.54 Å². The lowest BCUT2D eigenvalue weighted by molar-refractivity contribution is 0.0926. The molecule has 1 unspecified atom stereocenters. The van der Waals surface area contributed by atoms with E-state index in [0.29, 0.717) is 12.0 Å². The van der Waals surface area contributed by atoms with Gasteiger partial charge in [-0.2, -0.15) is 0 Å². The number of rotatable bonds is 4. The first-order valence-corrected chi connectivity index (χ1v) is 6.66. The predicted molar refractivity (Wildman–Crippen MR) is 81.3 cm³/mol. The molecule has 2 aromatic rings. The third-order valence-electron chi connectivity index (χ3n) is 3.66. The van der Waals surface area contributed by atoms with Gasteiger partial charge in [0.1, 0.15) is 0 Å². The molecule has 2 rings (SSSR count). The molecule has 0 aliphatic heterocycles. The summed E-state index contributed by atoms with van der Waals surface area (Å²) >= 11 is 0. The molecule has 4 N–H and O–H groups in total. The van der Waals surface area contributed by atoms with Crippen LogP contribution in [-0.4, -0.2) is 27.5 Å². The van der Waals surface area contributed by atoms with E-state index in [4.69, 9.17) is 10.9 Å². The number of hydrogen-bond donors (Lipinski definition) is 3. The van der Waals surface area contributed by atoms with Crippen molar-refractivity contribution in [2.24, 2.45) is 10.9 Å². The van der Waals surface area contributed by atoms with Crippen LogP contribution >= 0.6 is 0 Å². The summed E-state index contributed by atoms with van der Waals surface area (Å²) < 4.78 is 0. The van der Waals surface area contributed by atoms with Crippen LogP contribution in [0.4, 0.5) is 0 Å². The van der Waals surface area contributed by atoms with Gasteiger partial charge in [0.2, 0.25) is 0 Å². The molecule has 110 valence electrons. The average Bonchev–Trinajstić information content (AvgIpc) is 2.53. The number of carbonyl (C=O) groups is 1. The van der Waals surface area contributed by atoms with Gasteiger partial charge in [-0.25, -0.2) is 0 Å². The standard InChI is InChI=1S/C15H18N4O2/c1-3-15(2,14(16)19-21)18-13(20)11-8-9-17-12-7-5-4-6-10(11)12/h4-9,21H,3H2,1-2H3,(H2,16,19)(H,18,20). The third kappa shape index (κ3) is 2.79. The molecule has 6 heteroatoms. The van der Waals surface area contributed by atoms with Gasteiger partial charge in [-0.3, -0.25) is 9.78 Å². The van der Waals surface area contributed by atoms with E-state index in [-0.39, 0.29) is 11.7 Å². The Morgan fingerprint density at radius 3 is 2.81 bits per heavy atom. The number of amidine groups is 1. The van der Waals surface area contributed by atoms with E-state index in [0.717, 1.165) is 10.9 Å². The Hall–Kier alpha value is -2.63. The van der Waals surface area contributed by atoms with Crippen molar-refractivity contribution in [3.8, 4) is 0 Å². The van der Waals surface area contributed by atoms with Crippen molar-refractivity contribution in [3.05, 3.63) is 42.1 Å². The lowest BCUT2D eigenvalue weighted by atomic mass is 9.96. The smallest absolute Gasteiger partial charge is 0.252 e. The number of amides is 1. The van der Waals surface area contributed by atoms with Crippen LogP contribution in [0.1, 0.15) is 30.6 Å². The summed E-state index contributed by atoms with van der Waals surface area (Å²) in [5, 5.41) is 15.4. The van der Waals surface area contributed by atoms with Crippen LogP contribution in [0.3, 0.4) is 0 Å². The number of para-hydroxylation sites is 1. The van der Waals surface area contributed by atoms with Gasteiger partial charge >= 0.3 is 0 Å². The second-order valence-corrected chi connectivity index (χ2v) is 5.00. The maximum Gasteiger partial charge on any atom is 0.252 e. The topological polar surface area (TPSA) is 101 Å². The Balaban J connectivity index is 2.39. The lowest BCUT2D eigenvalue weighted by Crippen LogP contribution is -2.55. The number of pyridine rings is 1. The Morgan fingerprint density at radius 1 is 1.43 bits per heavy atom. The molecule has 1 aromatic heterocycles. The lowest BCUT2D eigenvalue weighted by Gasteiger charge is -2.28. The fourth-order valence-corrected chi connectivity index (χ4v) is 2.06. The number of nitrogens with zero attached hydrogens (tertiary/aromatic N) is 2. The van der Waals surface area contributed by atoms with Gasteiger partial charge in [0.15, 0.2) is 5.84 Å². The monoisotopic (exact) mass is 286 g/mol. The third-order valence-corrected chi connectivity index (χ3v) is 3.66. The van der Waals surface area contributed by atoms with Crippen molar-refractivity contribution in [2.75, 3.05) is 0 Å². The zero-order chi connectivity index (χ0) is 15.5. The molecule has 1 atom stereocenters. The number of nitrogens with two attached hydrogens (primary N) is 1. The molecule has 0 fully saturated rings. The SMILES string of the molecule is CCC(C)(NC(=O)c1ccnc2ccccc12)/C(N)=N/O. The van der Waals surface area contributed by atoms with Gasteiger partial charge in [0, 0.05) is 11.6 Å². The number of nitrogens with one attached hydrogen (secondary N) is 1. The van der Waals surface area contributed by atoms with Gasteiger partial charge in [0.25, 0.3) is 5.91 Å². The van der Waals surface area contributed by atoms with Gasteiger partial charge < -0.3 is 16.3 Å². The van der Waals surface area contributed by atoms with Crippen LogP contribution in [0.2, 0.25) is 0 Å². The molecule has 0 spiro atoms. The van der Waals surface area contributed by atoms with Crippen molar-refractivity contribution in [1.29, 1.82) is 0 Å². The van der Waals surface area contributed by atoms with Gasteiger partial charge in [-0.1, -0.05) is 30.3 Å². The first-order chi connectivity index (χ1) is 10.0. The minimum absolute atomic E-state index is 0.0308. The molecule has 0 radical (unpaired) electrons. The van der Waals surface area contributed by atoms with Gasteiger partial charge in [0.05, 0.1) is 16.6 Å². The molecular weight excluding hydrogens is 268 g/mol. The van der Waals surface area contributed by atoms with Crippen LogP contribution in [-0.2, 0) is 0 Å². The first-order valence-electron chi connectivity index (χ1n) is 6.66. The quantitative estimate of drug-likeness (QED) is 0.346. The zero-order valence-corrected chi connectivity index (χ0v) is 12.0. The number of aromatic nitrogens is 1. The highest BCUT2D eigenvalue weighted by molar-refractivity contribution is 6.08. The molecule has 1 heterocycles. The summed E-state index contributed by atoms with van der Waals surface area (Å²) in [5.74, 6) is -0.318. The van der Waals surface area contributed by atoms with Crippen molar-refractivity contribution in [1.82, 2.24) is 10.3 Å². The fraction of sp³-hybridized carbons (Fsp3) is 0.267. The van der Waals surface area contributed by atoms with Crippen molar-refractivity contribution >= 4 is 22.6 Å². The molecule has 6 nitrogen and oxygen atoms in total. The van der Waals surface area contributed by atoms with Crippen LogP contribution < -0.4 is 11.1 Å². The Morgan fingerprint density at radius 2 is 2.14 bits per heavy atom. The molecule has 1 amide bonds. The molecular formula is C15H18N4O2. The Bertz CT molecular complexity index is 694. The van der Waals surface area contributed by atoms with E-state index in [1.54, 1.807) is 19.2 Å². The minimum atomic E-state index is -0.907. The van der Waals surface area contributed by atoms with Crippen LogP contribution in [0.5, 0.6) is 0 Å². The summed E-state index contributed by atoms with van der Waals surface area (Å²) in [5.41, 5.74) is 6.02. The van der Waals surface area contributed by atoms with E-state index in [1.807, 2.05) is 31.2 Å². The summed E-state index contributed by atoms with van der Waals surface area (Å²) in [6.07, 6.45) is 2.08. The summed E-state index contributed by atoms with van der Waals surface area (Å²) in [6.45, 7) is 3.56. The van der Waals surface area contributed by atoms with E-state index in [1.165, 1.54) is 0 Å². The summed E-state index contributed by atoms with van der Waals surface area (Å²) in [6, 6.07) is 9.05.